The Morgan fingerprint density at radius 2 is 2.05 bits per heavy atom. The van der Waals surface area contributed by atoms with Crippen LogP contribution in [0.4, 0.5) is 0 Å². The highest BCUT2D eigenvalue weighted by Crippen LogP contribution is 2.27. The highest BCUT2D eigenvalue weighted by Gasteiger charge is 2.26. The van der Waals surface area contributed by atoms with Crippen LogP contribution in [0.15, 0.2) is 35.3 Å². The topological polar surface area (TPSA) is 101 Å². The van der Waals surface area contributed by atoms with Gasteiger partial charge in [0.15, 0.2) is 0 Å². The number of hydrogen-bond donors (Lipinski definition) is 2. The number of H-pyrrole nitrogens is 1. The Hall–Kier alpha value is -3.01. The molecule has 5 rings (SSSR count). The predicted molar refractivity (Wildman–Crippen MR) is 156 cm³/mol. The summed E-state index contributed by atoms with van der Waals surface area (Å²) < 4.78 is 14.1. The number of aryl methyl sites for hydroxylation is 1. The van der Waals surface area contributed by atoms with E-state index in [1.54, 1.807) is 6.20 Å². The second-order valence-electron chi connectivity index (χ2n) is 11.9. The summed E-state index contributed by atoms with van der Waals surface area (Å²) in [5.74, 6) is 1.03. The maximum atomic E-state index is 13.0. The van der Waals surface area contributed by atoms with Gasteiger partial charge < -0.3 is 29.2 Å². The van der Waals surface area contributed by atoms with Crippen molar-refractivity contribution in [1.82, 2.24) is 24.8 Å². The fraction of sp³-hybridized carbons (Fsp3) is 0.581. The number of pyridine rings is 1. The maximum Gasteiger partial charge on any atom is 0.323 e. The second-order valence-corrected chi connectivity index (χ2v) is 11.9. The molecule has 1 aliphatic heterocycles. The number of likely N-dealkylation sites (N-methyl/N-ethyl adjacent to an activating group) is 1. The number of aromatic amines is 1. The van der Waals surface area contributed by atoms with Gasteiger partial charge in [0.2, 0.25) is 0 Å². The van der Waals surface area contributed by atoms with Crippen molar-refractivity contribution in [2.45, 2.75) is 84.2 Å². The van der Waals surface area contributed by atoms with Crippen molar-refractivity contribution < 1.29 is 14.3 Å². The number of benzene rings is 1. The van der Waals surface area contributed by atoms with Crippen LogP contribution in [0.3, 0.4) is 0 Å². The zero-order chi connectivity index (χ0) is 28.2. The van der Waals surface area contributed by atoms with Gasteiger partial charge in [0.25, 0.3) is 5.56 Å². The van der Waals surface area contributed by atoms with Crippen LogP contribution in [0.1, 0.15) is 57.1 Å². The zero-order valence-corrected chi connectivity index (χ0v) is 24.2. The molecule has 0 bridgehead atoms. The Bertz CT molecular complexity index is 1370. The van der Waals surface area contributed by atoms with Crippen LogP contribution in [0.5, 0.6) is 0 Å². The van der Waals surface area contributed by atoms with E-state index in [2.05, 4.69) is 58.9 Å². The molecule has 9 nitrogen and oxygen atoms in total. The lowest BCUT2D eigenvalue weighted by Gasteiger charge is -2.30. The van der Waals surface area contributed by atoms with Crippen LogP contribution in [-0.4, -0.2) is 70.4 Å². The largest absolute Gasteiger partial charge is 0.461 e. The molecule has 2 atom stereocenters. The van der Waals surface area contributed by atoms with Crippen LogP contribution in [0, 0.1) is 12.8 Å². The Labute approximate surface area is 236 Å². The number of esters is 1. The Balaban J connectivity index is 1.40. The minimum absolute atomic E-state index is 0.0442. The maximum absolute atomic E-state index is 13.0. The van der Waals surface area contributed by atoms with E-state index in [9.17, 15) is 9.59 Å². The van der Waals surface area contributed by atoms with Crippen LogP contribution in [-0.2, 0) is 27.4 Å². The van der Waals surface area contributed by atoms with Crippen LogP contribution in [0.25, 0.3) is 22.4 Å². The summed E-state index contributed by atoms with van der Waals surface area (Å²) in [6.45, 7) is 9.75. The van der Waals surface area contributed by atoms with Gasteiger partial charge in [-0.1, -0.05) is 19.9 Å². The van der Waals surface area contributed by atoms with Crippen molar-refractivity contribution in [3.05, 3.63) is 51.9 Å². The number of ether oxygens (including phenoxy) is 2. The first-order valence-electron chi connectivity index (χ1n) is 14.7. The molecule has 3 heterocycles. The normalized spacial score (nSPS) is 19.5. The minimum atomic E-state index is -0.339. The molecule has 2 aliphatic rings. The van der Waals surface area contributed by atoms with E-state index in [1.807, 2.05) is 13.0 Å². The van der Waals surface area contributed by atoms with Crippen LogP contribution < -0.4 is 10.9 Å². The number of imidazole rings is 1. The van der Waals surface area contributed by atoms with E-state index in [4.69, 9.17) is 14.5 Å². The van der Waals surface area contributed by atoms with Gasteiger partial charge in [-0.05, 0) is 75.8 Å². The van der Waals surface area contributed by atoms with Gasteiger partial charge >= 0.3 is 5.97 Å². The number of hydrogen-bond acceptors (Lipinski definition) is 7. The number of carbonyl (C=O) groups is 1. The molecule has 216 valence electrons. The Morgan fingerprint density at radius 3 is 2.77 bits per heavy atom. The van der Waals surface area contributed by atoms with E-state index in [1.165, 1.54) is 0 Å². The van der Waals surface area contributed by atoms with Gasteiger partial charge in [0, 0.05) is 37.0 Å². The third-order valence-corrected chi connectivity index (χ3v) is 8.02. The average Bonchev–Trinajstić information content (AvgIpc) is 3.55. The van der Waals surface area contributed by atoms with Gasteiger partial charge in [-0.25, -0.2) is 4.98 Å². The molecule has 2 aromatic heterocycles. The number of carbonyl (C=O) groups excluding carboxylic acids is 1. The lowest BCUT2D eigenvalue weighted by atomic mass is 10.0. The summed E-state index contributed by atoms with van der Waals surface area (Å²) in [5.41, 5.74) is 4.35. The molecule has 0 radical (unpaired) electrons. The van der Waals surface area contributed by atoms with Crippen molar-refractivity contribution in [1.29, 1.82) is 0 Å². The lowest BCUT2D eigenvalue weighted by molar-refractivity contribution is -0.151. The highest BCUT2D eigenvalue weighted by molar-refractivity contribution is 5.81. The molecule has 0 amide bonds. The van der Waals surface area contributed by atoms with E-state index < -0.39 is 0 Å². The van der Waals surface area contributed by atoms with Crippen molar-refractivity contribution >= 4 is 17.0 Å². The highest BCUT2D eigenvalue weighted by atomic mass is 16.5. The molecule has 0 spiro atoms. The summed E-state index contributed by atoms with van der Waals surface area (Å²) in [6, 6.07) is 7.83. The first-order chi connectivity index (χ1) is 19.3. The molecule has 2 unspecified atom stereocenters. The predicted octanol–water partition coefficient (Wildman–Crippen LogP) is 4.02. The van der Waals surface area contributed by atoms with E-state index in [0.717, 1.165) is 73.2 Å². The summed E-state index contributed by atoms with van der Waals surface area (Å²) in [5, 5.41) is 3.47. The average molecular weight is 550 g/mol. The summed E-state index contributed by atoms with van der Waals surface area (Å²) in [4.78, 5) is 35.2. The van der Waals surface area contributed by atoms with Crippen LogP contribution >= 0.6 is 0 Å². The van der Waals surface area contributed by atoms with Gasteiger partial charge in [-0.2, -0.15) is 0 Å². The molecule has 9 heteroatoms. The van der Waals surface area contributed by atoms with Crippen LogP contribution in [0.2, 0.25) is 0 Å². The number of nitrogens with zero attached hydrogens (tertiary/aromatic N) is 3. The summed E-state index contributed by atoms with van der Waals surface area (Å²) in [6.07, 6.45) is 6.78. The first kappa shape index (κ1) is 28.5. The number of aromatic nitrogens is 3. The third kappa shape index (κ3) is 6.82. The number of fused-ring (bicyclic) bond motifs is 1. The van der Waals surface area contributed by atoms with Crippen molar-refractivity contribution in [3.8, 4) is 11.4 Å². The molecule has 1 aromatic carbocycles. The molecule has 1 saturated carbocycles. The second kappa shape index (κ2) is 12.7. The quantitative estimate of drug-likeness (QED) is 0.369. The van der Waals surface area contributed by atoms with E-state index in [0.29, 0.717) is 31.2 Å². The van der Waals surface area contributed by atoms with Crippen molar-refractivity contribution in [3.63, 3.8) is 0 Å². The summed E-state index contributed by atoms with van der Waals surface area (Å²) in [7, 11) is 2.11. The smallest absolute Gasteiger partial charge is 0.323 e. The summed E-state index contributed by atoms with van der Waals surface area (Å²) >= 11 is 0. The number of rotatable bonds is 10. The molecule has 40 heavy (non-hydrogen) atoms. The van der Waals surface area contributed by atoms with Crippen molar-refractivity contribution in [2.75, 3.05) is 26.7 Å². The van der Waals surface area contributed by atoms with E-state index >= 15 is 0 Å². The van der Waals surface area contributed by atoms with Gasteiger partial charge in [0.05, 0.1) is 30.3 Å². The monoisotopic (exact) mass is 549 g/mol. The molecule has 1 aliphatic carbocycles. The SMILES string of the molecule is Cc1cc(-c2nc3cc(CNC(CC(C)C)C(=O)OC4CCCC4)ccc3n2CC2CN(C)CCO2)c[nH]c1=O. The van der Waals surface area contributed by atoms with E-state index in [-0.39, 0.29) is 29.8 Å². The van der Waals surface area contributed by atoms with Gasteiger partial charge in [0.1, 0.15) is 18.0 Å². The zero-order valence-electron chi connectivity index (χ0n) is 24.2. The Kier molecular flexibility index (Phi) is 9.03. The van der Waals surface area contributed by atoms with Crippen molar-refractivity contribution in [2.24, 2.45) is 5.92 Å². The third-order valence-electron chi connectivity index (χ3n) is 8.02. The number of nitrogens with one attached hydrogen (secondary N) is 2. The lowest BCUT2D eigenvalue weighted by Crippen LogP contribution is -2.42. The molecule has 2 N–H and O–H groups in total. The Morgan fingerprint density at radius 1 is 1.25 bits per heavy atom. The molecular formula is C31H43N5O4. The fourth-order valence-electron chi connectivity index (χ4n) is 5.83. The standard InChI is InChI=1S/C31H43N5O4/c1-20(2)13-27(31(38)40-24-7-5-6-8-24)32-16-22-9-10-28-26(15-22)34-29(23-14-21(3)30(37)33-17-23)36(28)19-25-18-35(4)11-12-39-25/h9-10,14-15,17,20,24-25,27,32H,5-8,11-13,16,18-19H2,1-4H3,(H,33,37). The molecule has 3 aromatic rings. The van der Waals surface area contributed by atoms with Gasteiger partial charge in [-0.3, -0.25) is 9.59 Å². The van der Waals surface area contributed by atoms with Gasteiger partial charge in [-0.15, -0.1) is 0 Å². The minimum Gasteiger partial charge on any atom is -0.461 e. The molecule has 2 fully saturated rings. The molecular weight excluding hydrogens is 506 g/mol. The molecule has 1 saturated heterocycles. The first-order valence-corrected chi connectivity index (χ1v) is 14.7. The fourth-order valence-corrected chi connectivity index (χ4v) is 5.83. The number of morpholine rings is 1.